The van der Waals surface area contributed by atoms with Gasteiger partial charge in [-0.1, -0.05) is 6.07 Å². The second-order valence-corrected chi connectivity index (χ2v) is 7.66. The molecule has 0 atom stereocenters. The van der Waals surface area contributed by atoms with Crippen LogP contribution in [0.25, 0.3) is 22.7 Å². The molecule has 0 aliphatic heterocycles. The summed E-state index contributed by atoms with van der Waals surface area (Å²) < 4.78 is 3.30. The highest BCUT2D eigenvalue weighted by atomic mass is 16.2. The van der Waals surface area contributed by atoms with E-state index < -0.39 is 0 Å². The van der Waals surface area contributed by atoms with Crippen LogP contribution in [0.3, 0.4) is 0 Å². The largest absolute Gasteiger partial charge is 0.326 e. The van der Waals surface area contributed by atoms with E-state index in [-0.39, 0.29) is 17.5 Å². The van der Waals surface area contributed by atoms with Crippen LogP contribution >= 0.6 is 0 Å². The maximum atomic E-state index is 13.0. The molecule has 5 aromatic rings. The van der Waals surface area contributed by atoms with E-state index >= 15 is 0 Å². The monoisotopic (exact) mass is 452 g/mol. The number of pyridine rings is 2. The molecule has 2 amide bonds. The lowest BCUT2D eigenvalue weighted by molar-refractivity contribution is -0.114. The van der Waals surface area contributed by atoms with Gasteiger partial charge in [0.15, 0.2) is 17.2 Å². The van der Waals surface area contributed by atoms with Crippen molar-refractivity contribution in [3.05, 3.63) is 84.6 Å². The second kappa shape index (κ2) is 8.58. The summed E-state index contributed by atoms with van der Waals surface area (Å²) >= 11 is 0. The summed E-state index contributed by atoms with van der Waals surface area (Å²) in [4.78, 5) is 33.0. The SMILES string of the molecule is CC(=O)Nc1ccc(NC(=O)c2cc(-c3ccc4ncnn4c3)n(-c3cccc(C)n3)n2)cc1. The topological polar surface area (TPSA) is 119 Å². The van der Waals surface area contributed by atoms with Gasteiger partial charge in [-0.2, -0.15) is 10.2 Å². The smallest absolute Gasteiger partial charge is 0.276 e. The van der Waals surface area contributed by atoms with Gasteiger partial charge in [-0.05, 0) is 61.5 Å². The van der Waals surface area contributed by atoms with E-state index in [1.165, 1.54) is 13.3 Å². The van der Waals surface area contributed by atoms with Crippen molar-refractivity contribution in [1.82, 2.24) is 29.4 Å². The number of carbonyl (C=O) groups is 2. The zero-order valence-electron chi connectivity index (χ0n) is 18.4. The Balaban J connectivity index is 1.50. The number of benzene rings is 1. The fourth-order valence-corrected chi connectivity index (χ4v) is 3.52. The van der Waals surface area contributed by atoms with Crippen LogP contribution in [0.5, 0.6) is 0 Å². The van der Waals surface area contributed by atoms with Gasteiger partial charge in [0.1, 0.15) is 6.33 Å². The van der Waals surface area contributed by atoms with E-state index in [2.05, 4.69) is 30.8 Å². The van der Waals surface area contributed by atoms with E-state index in [0.29, 0.717) is 28.5 Å². The van der Waals surface area contributed by atoms with Gasteiger partial charge in [0.05, 0.1) is 5.69 Å². The third kappa shape index (κ3) is 4.24. The maximum absolute atomic E-state index is 13.0. The Morgan fingerprint density at radius 3 is 2.44 bits per heavy atom. The summed E-state index contributed by atoms with van der Waals surface area (Å²) in [7, 11) is 0. The fraction of sp³-hybridized carbons (Fsp3) is 0.0833. The normalized spacial score (nSPS) is 10.9. The Hall–Kier alpha value is -4.86. The molecule has 1 aromatic carbocycles. The van der Waals surface area contributed by atoms with Crippen LogP contribution in [0.15, 0.2) is 73.2 Å². The molecule has 0 aliphatic carbocycles. The van der Waals surface area contributed by atoms with E-state index in [1.54, 1.807) is 39.5 Å². The lowest BCUT2D eigenvalue weighted by Crippen LogP contribution is -2.13. The van der Waals surface area contributed by atoms with Crippen molar-refractivity contribution in [2.24, 2.45) is 0 Å². The van der Waals surface area contributed by atoms with Gasteiger partial charge in [0, 0.05) is 35.8 Å². The summed E-state index contributed by atoms with van der Waals surface area (Å²) in [6.45, 7) is 3.33. The highest BCUT2D eigenvalue weighted by Gasteiger charge is 2.18. The number of nitrogens with zero attached hydrogens (tertiary/aromatic N) is 6. The van der Waals surface area contributed by atoms with Crippen LogP contribution in [-0.2, 0) is 4.79 Å². The Bertz CT molecular complexity index is 1520. The molecule has 0 fully saturated rings. The molecule has 10 heteroatoms. The molecule has 34 heavy (non-hydrogen) atoms. The molecule has 0 radical (unpaired) electrons. The minimum absolute atomic E-state index is 0.163. The van der Waals surface area contributed by atoms with Crippen LogP contribution in [0.1, 0.15) is 23.1 Å². The lowest BCUT2D eigenvalue weighted by Gasteiger charge is -2.07. The number of anilines is 2. The van der Waals surface area contributed by atoms with Crippen molar-refractivity contribution in [3.63, 3.8) is 0 Å². The highest BCUT2D eigenvalue weighted by molar-refractivity contribution is 6.03. The van der Waals surface area contributed by atoms with Crippen molar-refractivity contribution in [2.45, 2.75) is 13.8 Å². The first kappa shape index (κ1) is 21.0. The number of fused-ring (bicyclic) bond motifs is 1. The van der Waals surface area contributed by atoms with Gasteiger partial charge in [-0.25, -0.2) is 19.2 Å². The quantitative estimate of drug-likeness (QED) is 0.421. The zero-order chi connectivity index (χ0) is 23.7. The van der Waals surface area contributed by atoms with Crippen molar-refractivity contribution in [1.29, 1.82) is 0 Å². The van der Waals surface area contributed by atoms with E-state index in [9.17, 15) is 9.59 Å². The van der Waals surface area contributed by atoms with E-state index in [4.69, 9.17) is 0 Å². The highest BCUT2D eigenvalue weighted by Crippen LogP contribution is 2.24. The maximum Gasteiger partial charge on any atom is 0.276 e. The average Bonchev–Trinajstić information content (AvgIpc) is 3.47. The first-order chi connectivity index (χ1) is 16.5. The molecule has 0 saturated heterocycles. The van der Waals surface area contributed by atoms with Crippen molar-refractivity contribution in [3.8, 4) is 17.1 Å². The molecule has 2 N–H and O–H groups in total. The van der Waals surface area contributed by atoms with Crippen LogP contribution in [0.4, 0.5) is 11.4 Å². The molecule has 5 rings (SSSR count). The zero-order valence-corrected chi connectivity index (χ0v) is 18.4. The van der Waals surface area contributed by atoms with Crippen LogP contribution in [0.2, 0.25) is 0 Å². The minimum atomic E-state index is -0.373. The molecule has 0 aliphatic rings. The Morgan fingerprint density at radius 2 is 1.71 bits per heavy atom. The van der Waals surface area contributed by atoms with Crippen molar-refractivity contribution in [2.75, 3.05) is 10.6 Å². The van der Waals surface area contributed by atoms with E-state index in [0.717, 1.165) is 11.3 Å². The molecule has 168 valence electrons. The van der Waals surface area contributed by atoms with Crippen LogP contribution in [-0.4, -0.2) is 41.2 Å². The summed E-state index contributed by atoms with van der Waals surface area (Å²) in [5.74, 6) is 0.0536. The first-order valence-electron chi connectivity index (χ1n) is 10.5. The number of carbonyl (C=O) groups excluding carboxylic acids is 2. The van der Waals surface area contributed by atoms with Gasteiger partial charge in [-0.3, -0.25) is 9.59 Å². The van der Waals surface area contributed by atoms with Gasteiger partial charge in [0.25, 0.3) is 5.91 Å². The number of hydrogen-bond acceptors (Lipinski definition) is 6. The van der Waals surface area contributed by atoms with Gasteiger partial charge in [0.2, 0.25) is 5.91 Å². The molecule has 0 unspecified atom stereocenters. The number of hydrogen-bond donors (Lipinski definition) is 2. The molecule has 0 saturated carbocycles. The Kier molecular flexibility index (Phi) is 5.30. The standard InChI is InChI=1S/C24H20N8O2/c1-15-4-3-5-23(27-15)32-21(17-6-11-22-25-14-26-31(22)13-17)12-20(30-32)24(34)29-19-9-7-18(8-10-19)28-16(2)33/h3-14H,1-2H3,(H,28,33)(H,29,34). The summed E-state index contributed by atoms with van der Waals surface area (Å²) in [5, 5.41) is 14.3. The third-order valence-corrected chi connectivity index (χ3v) is 5.07. The third-order valence-electron chi connectivity index (χ3n) is 5.07. The number of aromatic nitrogens is 6. The molecular weight excluding hydrogens is 432 g/mol. The first-order valence-corrected chi connectivity index (χ1v) is 10.5. The number of nitrogens with one attached hydrogen (secondary N) is 2. The number of rotatable bonds is 5. The molecule has 4 heterocycles. The second-order valence-electron chi connectivity index (χ2n) is 7.66. The van der Waals surface area contributed by atoms with Crippen LogP contribution in [0, 0.1) is 6.92 Å². The number of aryl methyl sites for hydroxylation is 1. The van der Waals surface area contributed by atoms with Crippen LogP contribution < -0.4 is 10.6 Å². The van der Waals surface area contributed by atoms with Gasteiger partial charge < -0.3 is 10.6 Å². The summed E-state index contributed by atoms with van der Waals surface area (Å²) in [6.07, 6.45) is 3.31. The number of amides is 2. The van der Waals surface area contributed by atoms with Gasteiger partial charge >= 0.3 is 0 Å². The fourth-order valence-electron chi connectivity index (χ4n) is 3.52. The lowest BCUT2D eigenvalue weighted by atomic mass is 10.2. The Morgan fingerprint density at radius 1 is 0.941 bits per heavy atom. The van der Waals surface area contributed by atoms with Gasteiger partial charge in [-0.15, -0.1) is 0 Å². The molecule has 0 spiro atoms. The minimum Gasteiger partial charge on any atom is -0.326 e. The summed E-state index contributed by atoms with van der Waals surface area (Å²) in [5.41, 5.74) is 4.47. The van der Waals surface area contributed by atoms with Crippen molar-refractivity contribution >= 4 is 28.8 Å². The molecule has 0 bridgehead atoms. The van der Waals surface area contributed by atoms with E-state index in [1.807, 2.05) is 43.5 Å². The molecular formula is C24H20N8O2. The molecule has 10 nitrogen and oxygen atoms in total. The van der Waals surface area contributed by atoms with Crippen molar-refractivity contribution < 1.29 is 9.59 Å². The average molecular weight is 452 g/mol. The molecule has 4 aromatic heterocycles. The Labute approximate surface area is 194 Å². The predicted molar refractivity (Wildman–Crippen MR) is 127 cm³/mol. The summed E-state index contributed by atoms with van der Waals surface area (Å²) in [6, 6.07) is 17.9. The predicted octanol–water partition coefficient (Wildman–Crippen LogP) is 3.50.